The third kappa shape index (κ3) is 4.09. The molecule has 1 aliphatic heterocycles. The average Bonchev–Trinajstić information content (AvgIpc) is 3.28. The Morgan fingerprint density at radius 1 is 1.07 bits per heavy atom. The molecule has 0 atom stereocenters. The van der Waals surface area contributed by atoms with Crippen LogP contribution in [0.4, 0.5) is 5.82 Å². The van der Waals surface area contributed by atoms with Crippen LogP contribution < -0.4 is 10.2 Å². The average molecular weight is 374 g/mol. The number of carbonyl (C=O) groups is 1. The Hall–Kier alpha value is -3.08. The highest BCUT2D eigenvalue weighted by molar-refractivity contribution is 5.79. The van der Waals surface area contributed by atoms with Crippen LogP contribution in [0.5, 0.6) is 0 Å². The second kappa shape index (κ2) is 8.30. The number of amides is 1. The van der Waals surface area contributed by atoms with Crippen molar-refractivity contribution >= 4 is 11.7 Å². The number of aromatic nitrogens is 2. The second-order valence-corrected chi connectivity index (χ2v) is 7.40. The SMILES string of the molecule is Cc1ccc(CNC(=O)C2CCN(c3ncccc3-n3cccc3)CC2)cc1. The third-order valence-corrected chi connectivity index (χ3v) is 5.40. The summed E-state index contributed by atoms with van der Waals surface area (Å²) >= 11 is 0. The zero-order chi connectivity index (χ0) is 19.3. The van der Waals surface area contributed by atoms with Gasteiger partial charge >= 0.3 is 0 Å². The lowest BCUT2D eigenvalue weighted by atomic mass is 9.95. The van der Waals surface area contributed by atoms with E-state index in [1.165, 1.54) is 5.56 Å². The molecule has 1 amide bonds. The molecule has 5 heteroatoms. The van der Waals surface area contributed by atoms with Crippen molar-refractivity contribution in [2.45, 2.75) is 26.3 Å². The predicted molar refractivity (Wildman–Crippen MR) is 112 cm³/mol. The number of piperidine rings is 1. The molecule has 1 N–H and O–H groups in total. The van der Waals surface area contributed by atoms with Crippen LogP contribution in [-0.2, 0) is 11.3 Å². The van der Waals surface area contributed by atoms with E-state index in [9.17, 15) is 4.79 Å². The van der Waals surface area contributed by atoms with Gasteiger partial charge in [0.25, 0.3) is 0 Å². The molecule has 4 rings (SSSR count). The second-order valence-electron chi connectivity index (χ2n) is 7.40. The van der Waals surface area contributed by atoms with Gasteiger partial charge in [-0.15, -0.1) is 0 Å². The van der Waals surface area contributed by atoms with Crippen molar-refractivity contribution in [3.05, 3.63) is 78.2 Å². The summed E-state index contributed by atoms with van der Waals surface area (Å²) in [5, 5.41) is 3.10. The highest BCUT2D eigenvalue weighted by atomic mass is 16.1. The Labute approximate surface area is 166 Å². The standard InChI is InChI=1S/C23H26N4O/c1-18-6-8-19(9-7-18)17-25-23(28)20-10-15-27(16-11-20)22-21(5-4-12-24-22)26-13-2-3-14-26/h2-9,12-14,20H,10-11,15-17H2,1H3,(H,25,28). The lowest BCUT2D eigenvalue weighted by Gasteiger charge is -2.33. The summed E-state index contributed by atoms with van der Waals surface area (Å²) in [6.45, 7) is 4.35. The molecule has 1 aliphatic rings. The Morgan fingerprint density at radius 2 is 1.79 bits per heavy atom. The number of benzene rings is 1. The van der Waals surface area contributed by atoms with E-state index in [4.69, 9.17) is 0 Å². The first-order valence-corrected chi connectivity index (χ1v) is 9.87. The number of hydrogen-bond acceptors (Lipinski definition) is 3. The van der Waals surface area contributed by atoms with Gasteiger partial charge in [-0.2, -0.15) is 0 Å². The quantitative estimate of drug-likeness (QED) is 0.741. The van der Waals surface area contributed by atoms with Crippen LogP contribution in [0.25, 0.3) is 5.69 Å². The lowest BCUT2D eigenvalue weighted by molar-refractivity contribution is -0.125. The summed E-state index contributed by atoms with van der Waals surface area (Å²) in [5.74, 6) is 1.21. The van der Waals surface area contributed by atoms with E-state index in [2.05, 4.69) is 57.0 Å². The molecule has 0 radical (unpaired) electrons. The van der Waals surface area contributed by atoms with Gasteiger partial charge in [-0.05, 0) is 49.6 Å². The Bertz CT molecular complexity index is 910. The lowest BCUT2D eigenvalue weighted by Crippen LogP contribution is -2.41. The van der Waals surface area contributed by atoms with Gasteiger partial charge in [-0.1, -0.05) is 29.8 Å². The number of nitrogens with one attached hydrogen (secondary N) is 1. The van der Waals surface area contributed by atoms with Gasteiger partial charge in [-0.3, -0.25) is 4.79 Å². The molecular weight excluding hydrogens is 348 g/mol. The largest absolute Gasteiger partial charge is 0.355 e. The summed E-state index contributed by atoms with van der Waals surface area (Å²) in [6.07, 6.45) is 7.60. The van der Waals surface area contributed by atoms with Crippen LogP contribution in [0, 0.1) is 12.8 Å². The fraction of sp³-hybridized carbons (Fsp3) is 0.304. The first-order valence-electron chi connectivity index (χ1n) is 9.87. The van der Waals surface area contributed by atoms with Crippen molar-refractivity contribution in [3.8, 4) is 5.69 Å². The van der Waals surface area contributed by atoms with E-state index in [0.717, 1.165) is 43.0 Å². The summed E-state index contributed by atoms with van der Waals surface area (Å²) in [4.78, 5) is 19.5. The molecule has 1 aromatic carbocycles. The van der Waals surface area contributed by atoms with Gasteiger partial charge in [0.2, 0.25) is 5.91 Å². The maximum atomic E-state index is 12.6. The van der Waals surface area contributed by atoms with Crippen molar-refractivity contribution in [3.63, 3.8) is 0 Å². The van der Waals surface area contributed by atoms with Gasteiger partial charge in [0.05, 0.1) is 5.69 Å². The molecule has 5 nitrogen and oxygen atoms in total. The normalized spacial score (nSPS) is 14.8. The first kappa shape index (κ1) is 18.3. The third-order valence-electron chi connectivity index (χ3n) is 5.40. The fourth-order valence-corrected chi connectivity index (χ4v) is 3.72. The molecule has 28 heavy (non-hydrogen) atoms. The van der Waals surface area contributed by atoms with Crippen molar-refractivity contribution in [2.24, 2.45) is 5.92 Å². The highest BCUT2D eigenvalue weighted by Crippen LogP contribution is 2.27. The van der Waals surface area contributed by atoms with Crippen molar-refractivity contribution < 1.29 is 4.79 Å². The minimum atomic E-state index is 0.0699. The van der Waals surface area contributed by atoms with Crippen molar-refractivity contribution in [2.75, 3.05) is 18.0 Å². The summed E-state index contributed by atoms with van der Waals surface area (Å²) in [7, 11) is 0. The Morgan fingerprint density at radius 3 is 2.50 bits per heavy atom. The van der Waals surface area contributed by atoms with Gasteiger partial charge in [-0.25, -0.2) is 4.98 Å². The molecule has 144 valence electrons. The van der Waals surface area contributed by atoms with Crippen LogP contribution in [0.2, 0.25) is 0 Å². The predicted octanol–water partition coefficient (Wildman–Crippen LogP) is 3.71. The number of aryl methyl sites for hydroxylation is 1. The zero-order valence-corrected chi connectivity index (χ0v) is 16.2. The monoisotopic (exact) mass is 374 g/mol. The first-order chi connectivity index (χ1) is 13.7. The van der Waals surface area contributed by atoms with Gasteiger partial charge in [0, 0.05) is 44.1 Å². The fourth-order valence-electron chi connectivity index (χ4n) is 3.72. The van der Waals surface area contributed by atoms with E-state index in [1.807, 2.05) is 36.8 Å². The highest BCUT2D eigenvalue weighted by Gasteiger charge is 2.26. The molecular formula is C23H26N4O. The van der Waals surface area contributed by atoms with E-state index in [-0.39, 0.29) is 11.8 Å². The summed E-state index contributed by atoms with van der Waals surface area (Å²) in [6, 6.07) is 16.4. The minimum Gasteiger partial charge on any atom is -0.355 e. The molecule has 0 bridgehead atoms. The summed E-state index contributed by atoms with van der Waals surface area (Å²) < 4.78 is 2.09. The van der Waals surface area contributed by atoms with Crippen LogP contribution in [-0.4, -0.2) is 28.5 Å². The Kier molecular flexibility index (Phi) is 5.42. The van der Waals surface area contributed by atoms with Crippen LogP contribution in [0.15, 0.2) is 67.1 Å². The van der Waals surface area contributed by atoms with Crippen LogP contribution in [0.1, 0.15) is 24.0 Å². The molecule has 3 heterocycles. The van der Waals surface area contributed by atoms with Crippen LogP contribution >= 0.6 is 0 Å². The van der Waals surface area contributed by atoms with Crippen LogP contribution in [0.3, 0.4) is 0 Å². The van der Waals surface area contributed by atoms with E-state index in [0.29, 0.717) is 6.54 Å². The van der Waals surface area contributed by atoms with E-state index < -0.39 is 0 Å². The number of nitrogens with zero attached hydrogens (tertiary/aromatic N) is 3. The molecule has 0 unspecified atom stereocenters. The molecule has 0 aliphatic carbocycles. The van der Waals surface area contributed by atoms with E-state index in [1.54, 1.807) is 0 Å². The topological polar surface area (TPSA) is 50.2 Å². The number of rotatable bonds is 5. The molecule has 3 aromatic rings. The molecule has 1 saturated heterocycles. The molecule has 0 saturated carbocycles. The number of anilines is 1. The smallest absolute Gasteiger partial charge is 0.223 e. The number of pyridine rings is 1. The van der Waals surface area contributed by atoms with Gasteiger partial charge < -0.3 is 14.8 Å². The van der Waals surface area contributed by atoms with Gasteiger partial charge in [0.15, 0.2) is 5.82 Å². The maximum Gasteiger partial charge on any atom is 0.223 e. The van der Waals surface area contributed by atoms with Crippen molar-refractivity contribution in [1.29, 1.82) is 0 Å². The molecule has 0 spiro atoms. The molecule has 2 aromatic heterocycles. The van der Waals surface area contributed by atoms with Crippen molar-refractivity contribution in [1.82, 2.24) is 14.9 Å². The number of hydrogen-bond donors (Lipinski definition) is 1. The van der Waals surface area contributed by atoms with Gasteiger partial charge in [0.1, 0.15) is 0 Å². The molecule has 1 fully saturated rings. The Balaban J connectivity index is 1.35. The minimum absolute atomic E-state index is 0.0699. The number of carbonyl (C=O) groups excluding carboxylic acids is 1. The maximum absolute atomic E-state index is 12.6. The summed E-state index contributed by atoms with van der Waals surface area (Å²) in [5.41, 5.74) is 3.45. The zero-order valence-electron chi connectivity index (χ0n) is 16.2. The van der Waals surface area contributed by atoms with E-state index >= 15 is 0 Å².